The summed E-state index contributed by atoms with van der Waals surface area (Å²) in [5, 5.41) is 3.35. The quantitative estimate of drug-likeness (QED) is 0.862. The minimum Gasteiger partial charge on any atom is -0.370 e. The molecular weight excluding hydrogens is 222 g/mol. The molecule has 0 amide bonds. The van der Waals surface area contributed by atoms with Gasteiger partial charge in [0, 0.05) is 30.6 Å². The van der Waals surface area contributed by atoms with Crippen molar-refractivity contribution in [1.29, 1.82) is 0 Å². The van der Waals surface area contributed by atoms with Crippen molar-refractivity contribution in [2.24, 2.45) is 5.92 Å². The van der Waals surface area contributed by atoms with Crippen LogP contribution in [0.4, 0.5) is 5.82 Å². The molecule has 1 heterocycles. The first-order valence-corrected chi connectivity index (χ1v) is 7.47. The van der Waals surface area contributed by atoms with Gasteiger partial charge in [-0.05, 0) is 38.5 Å². The highest BCUT2D eigenvalue weighted by Gasteiger charge is 2.25. The van der Waals surface area contributed by atoms with Crippen LogP contribution in [-0.4, -0.2) is 16.5 Å². The van der Waals surface area contributed by atoms with Crippen molar-refractivity contribution in [3.63, 3.8) is 0 Å². The first-order chi connectivity index (χ1) is 8.85. The molecule has 18 heavy (non-hydrogen) atoms. The fraction of sp³-hybridized carbons (Fsp3) is 0.733. The number of hydrogen-bond donors (Lipinski definition) is 1. The van der Waals surface area contributed by atoms with Gasteiger partial charge in [0.1, 0.15) is 11.6 Å². The fourth-order valence-corrected chi connectivity index (χ4v) is 2.89. The number of aromatic nitrogens is 2. The largest absolute Gasteiger partial charge is 0.370 e. The lowest BCUT2D eigenvalue weighted by Gasteiger charge is -2.13. The molecule has 2 aliphatic carbocycles. The third-order valence-corrected chi connectivity index (χ3v) is 4.09. The second-order valence-corrected chi connectivity index (χ2v) is 5.75. The number of hydrogen-bond acceptors (Lipinski definition) is 3. The molecule has 1 N–H and O–H groups in total. The highest BCUT2D eigenvalue weighted by atomic mass is 15.0. The maximum atomic E-state index is 4.83. The van der Waals surface area contributed by atoms with E-state index in [1.165, 1.54) is 44.2 Å². The zero-order valence-electron chi connectivity index (χ0n) is 11.3. The van der Waals surface area contributed by atoms with E-state index in [4.69, 9.17) is 4.98 Å². The maximum absolute atomic E-state index is 4.83. The molecule has 1 aromatic heterocycles. The van der Waals surface area contributed by atoms with Gasteiger partial charge >= 0.3 is 0 Å². The van der Waals surface area contributed by atoms with Crippen LogP contribution < -0.4 is 5.32 Å². The minimum absolute atomic E-state index is 0.684. The second-order valence-electron chi connectivity index (χ2n) is 5.75. The SMILES string of the molecule is CCNc1cc(C2CCCC2)nc(CC2CC2)n1. The summed E-state index contributed by atoms with van der Waals surface area (Å²) in [5.41, 5.74) is 1.29. The van der Waals surface area contributed by atoms with Gasteiger partial charge in [-0.1, -0.05) is 12.8 Å². The lowest BCUT2D eigenvalue weighted by molar-refractivity contribution is 0.673. The molecule has 0 unspecified atom stereocenters. The van der Waals surface area contributed by atoms with Gasteiger partial charge in [-0.25, -0.2) is 9.97 Å². The van der Waals surface area contributed by atoms with Crippen molar-refractivity contribution in [1.82, 2.24) is 9.97 Å². The number of nitrogens with zero attached hydrogens (tertiary/aromatic N) is 2. The van der Waals surface area contributed by atoms with E-state index in [0.717, 1.165) is 30.5 Å². The number of rotatable bonds is 5. The third kappa shape index (κ3) is 2.82. The second kappa shape index (κ2) is 5.25. The van der Waals surface area contributed by atoms with E-state index in [9.17, 15) is 0 Å². The van der Waals surface area contributed by atoms with Gasteiger partial charge in [0.2, 0.25) is 0 Å². The van der Waals surface area contributed by atoms with E-state index in [-0.39, 0.29) is 0 Å². The Morgan fingerprint density at radius 3 is 2.61 bits per heavy atom. The van der Waals surface area contributed by atoms with E-state index < -0.39 is 0 Å². The zero-order chi connectivity index (χ0) is 12.4. The molecule has 0 bridgehead atoms. The van der Waals surface area contributed by atoms with Crippen molar-refractivity contribution in [2.75, 3.05) is 11.9 Å². The van der Waals surface area contributed by atoms with E-state index in [1.807, 2.05) is 0 Å². The minimum atomic E-state index is 0.684. The lowest BCUT2D eigenvalue weighted by atomic mass is 10.0. The van der Waals surface area contributed by atoms with Crippen LogP contribution in [0.2, 0.25) is 0 Å². The van der Waals surface area contributed by atoms with Crippen molar-refractivity contribution in [2.45, 2.75) is 57.8 Å². The molecule has 3 heteroatoms. The van der Waals surface area contributed by atoms with E-state index in [0.29, 0.717) is 5.92 Å². The molecule has 0 aromatic carbocycles. The van der Waals surface area contributed by atoms with Gasteiger partial charge in [0.25, 0.3) is 0 Å². The first kappa shape index (κ1) is 11.9. The summed E-state index contributed by atoms with van der Waals surface area (Å²) >= 11 is 0. The Hall–Kier alpha value is -1.12. The smallest absolute Gasteiger partial charge is 0.131 e. The monoisotopic (exact) mass is 245 g/mol. The molecule has 0 radical (unpaired) electrons. The Bertz CT molecular complexity index is 406. The summed E-state index contributed by atoms with van der Waals surface area (Å²) in [6.45, 7) is 3.06. The van der Waals surface area contributed by atoms with Crippen LogP contribution in [0, 0.1) is 5.92 Å². The van der Waals surface area contributed by atoms with Crippen molar-refractivity contribution in [3.05, 3.63) is 17.6 Å². The van der Waals surface area contributed by atoms with Gasteiger partial charge in [0.05, 0.1) is 0 Å². The van der Waals surface area contributed by atoms with Crippen molar-refractivity contribution >= 4 is 5.82 Å². The summed E-state index contributed by atoms with van der Waals surface area (Å²) in [6.07, 6.45) is 9.17. The third-order valence-electron chi connectivity index (χ3n) is 4.09. The summed E-state index contributed by atoms with van der Waals surface area (Å²) in [6, 6.07) is 2.18. The molecule has 0 saturated heterocycles. The van der Waals surface area contributed by atoms with Crippen LogP contribution in [0.5, 0.6) is 0 Å². The lowest BCUT2D eigenvalue weighted by Crippen LogP contribution is -2.08. The molecule has 3 nitrogen and oxygen atoms in total. The number of anilines is 1. The standard InChI is InChI=1S/C15H23N3/c1-2-16-14-10-13(12-5-3-4-6-12)17-15(18-14)9-11-7-8-11/h10-12H,2-9H2,1H3,(H,16,17,18). The summed E-state index contributed by atoms with van der Waals surface area (Å²) in [7, 11) is 0. The maximum Gasteiger partial charge on any atom is 0.131 e. The average Bonchev–Trinajstić information content (AvgIpc) is 3.00. The van der Waals surface area contributed by atoms with Crippen LogP contribution in [0.1, 0.15) is 62.9 Å². The van der Waals surface area contributed by atoms with E-state index in [1.54, 1.807) is 0 Å². The molecule has 98 valence electrons. The average molecular weight is 245 g/mol. The topological polar surface area (TPSA) is 37.8 Å². The van der Waals surface area contributed by atoms with Gasteiger partial charge in [-0.2, -0.15) is 0 Å². The Balaban J connectivity index is 1.82. The van der Waals surface area contributed by atoms with Crippen molar-refractivity contribution < 1.29 is 0 Å². The highest BCUT2D eigenvalue weighted by molar-refractivity contribution is 5.37. The molecule has 2 aliphatic rings. The zero-order valence-corrected chi connectivity index (χ0v) is 11.3. The van der Waals surface area contributed by atoms with Crippen LogP contribution in [0.3, 0.4) is 0 Å². The predicted octanol–water partition coefficient (Wildman–Crippen LogP) is 3.52. The first-order valence-electron chi connectivity index (χ1n) is 7.47. The molecule has 2 saturated carbocycles. The molecular formula is C15H23N3. The number of nitrogens with one attached hydrogen (secondary N) is 1. The molecule has 3 rings (SSSR count). The Labute approximate surface area is 109 Å². The highest BCUT2D eigenvalue weighted by Crippen LogP contribution is 2.35. The molecule has 0 aliphatic heterocycles. The van der Waals surface area contributed by atoms with Crippen LogP contribution in [-0.2, 0) is 6.42 Å². The van der Waals surface area contributed by atoms with E-state index >= 15 is 0 Å². The van der Waals surface area contributed by atoms with Gasteiger partial charge in [-0.3, -0.25) is 0 Å². The van der Waals surface area contributed by atoms with Gasteiger partial charge in [-0.15, -0.1) is 0 Å². The summed E-state index contributed by atoms with van der Waals surface area (Å²) in [4.78, 5) is 9.48. The van der Waals surface area contributed by atoms with Crippen LogP contribution >= 0.6 is 0 Å². The molecule has 0 spiro atoms. The van der Waals surface area contributed by atoms with E-state index in [2.05, 4.69) is 23.3 Å². The Kier molecular flexibility index (Phi) is 3.48. The molecule has 1 aromatic rings. The molecule has 2 fully saturated rings. The normalized spacial score (nSPS) is 20.3. The Morgan fingerprint density at radius 2 is 1.94 bits per heavy atom. The fourth-order valence-electron chi connectivity index (χ4n) is 2.89. The van der Waals surface area contributed by atoms with Gasteiger partial charge < -0.3 is 5.32 Å². The molecule has 0 atom stereocenters. The van der Waals surface area contributed by atoms with Crippen molar-refractivity contribution in [3.8, 4) is 0 Å². The summed E-state index contributed by atoms with van der Waals surface area (Å²) in [5.74, 6) is 3.64. The Morgan fingerprint density at radius 1 is 1.17 bits per heavy atom. The van der Waals surface area contributed by atoms with Crippen LogP contribution in [0.25, 0.3) is 0 Å². The van der Waals surface area contributed by atoms with Crippen LogP contribution in [0.15, 0.2) is 6.07 Å². The summed E-state index contributed by atoms with van der Waals surface area (Å²) < 4.78 is 0. The predicted molar refractivity (Wildman–Crippen MR) is 73.8 cm³/mol. The van der Waals surface area contributed by atoms with Gasteiger partial charge in [0.15, 0.2) is 0 Å².